The number of fused-ring (bicyclic) bond motifs is 6. The Labute approximate surface area is 260 Å². The predicted octanol–water partition coefficient (Wildman–Crippen LogP) is 7.54. The SMILES string of the molecule is C1=CC2=C3CC4=C(C=C3OC2C=C1)C1=CC=CC2=[N+](c3nc(-c5ccccc5)nc(-c5ccccc5)n3)c3ccccc3N4C12. The number of hydrogen-bond donors (Lipinski definition) is 0. The first-order valence-corrected chi connectivity index (χ1v) is 15.3. The molecular weight excluding hydrogens is 554 g/mol. The number of hydrogen-bond acceptors (Lipinski definition) is 5. The summed E-state index contributed by atoms with van der Waals surface area (Å²) in [6.07, 6.45) is 18.2. The first-order chi connectivity index (χ1) is 22.3. The average Bonchev–Trinajstić information content (AvgIpc) is 3.64. The molecule has 6 heteroatoms. The second-order valence-electron chi connectivity index (χ2n) is 11.8. The molecule has 45 heavy (non-hydrogen) atoms. The van der Waals surface area contributed by atoms with Gasteiger partial charge < -0.3 is 9.64 Å². The summed E-state index contributed by atoms with van der Waals surface area (Å²) in [7, 11) is 0. The van der Waals surface area contributed by atoms with Gasteiger partial charge in [0.1, 0.15) is 29.3 Å². The van der Waals surface area contributed by atoms with Crippen LogP contribution < -0.4 is 9.48 Å². The monoisotopic (exact) mass is 580 g/mol. The number of nitrogens with zero attached hydrogens (tertiary/aromatic N) is 5. The fourth-order valence-electron chi connectivity index (χ4n) is 7.35. The Morgan fingerprint density at radius 2 is 1.49 bits per heavy atom. The van der Waals surface area contributed by atoms with Crippen LogP contribution in [0.1, 0.15) is 6.42 Å². The summed E-state index contributed by atoms with van der Waals surface area (Å²) in [4.78, 5) is 17.8. The third-order valence-corrected chi connectivity index (χ3v) is 9.32. The fraction of sp³-hybridized carbons (Fsp3) is 0.0769. The standard InChI is InChI=1S/C39H26N5O/c1-3-12-24(13-4-1)37-40-38(25-14-5-2-6-15-25)42-39(41-37)44-31-19-9-8-18-30(31)43-33-22-29-26-16-7-10-21-34(26)45-35(29)23-28(33)27-17-11-20-32(44)36(27)43/h1-21,23,34,36H,22H2/q+1. The lowest BCUT2D eigenvalue weighted by atomic mass is 9.88. The smallest absolute Gasteiger partial charge is 0.442 e. The molecule has 0 fully saturated rings. The van der Waals surface area contributed by atoms with Crippen molar-refractivity contribution in [1.29, 1.82) is 0 Å². The number of allylic oxidation sites excluding steroid dienone is 7. The normalized spacial score (nSPS) is 21.6. The van der Waals surface area contributed by atoms with Crippen molar-refractivity contribution in [3.8, 4) is 22.8 Å². The third kappa shape index (κ3) is 3.56. The van der Waals surface area contributed by atoms with E-state index in [-0.39, 0.29) is 12.1 Å². The van der Waals surface area contributed by atoms with Crippen LogP contribution >= 0.6 is 0 Å². The molecule has 0 spiro atoms. The summed E-state index contributed by atoms with van der Waals surface area (Å²) in [5, 5.41) is 0. The van der Waals surface area contributed by atoms with E-state index in [1.165, 1.54) is 28.0 Å². The van der Waals surface area contributed by atoms with Crippen molar-refractivity contribution in [2.45, 2.75) is 18.6 Å². The lowest BCUT2D eigenvalue weighted by Gasteiger charge is -2.37. The highest BCUT2D eigenvalue weighted by molar-refractivity contribution is 6.13. The van der Waals surface area contributed by atoms with E-state index >= 15 is 0 Å². The number of rotatable bonds is 3. The molecule has 0 bridgehead atoms. The van der Waals surface area contributed by atoms with Crippen LogP contribution in [-0.4, -0.2) is 32.8 Å². The van der Waals surface area contributed by atoms with Crippen LogP contribution in [0.15, 0.2) is 167 Å². The highest BCUT2D eigenvalue weighted by Crippen LogP contribution is 2.53. The lowest BCUT2D eigenvalue weighted by molar-refractivity contribution is 0.212. The predicted molar refractivity (Wildman–Crippen MR) is 177 cm³/mol. The summed E-state index contributed by atoms with van der Waals surface area (Å²) < 4.78 is 8.68. The summed E-state index contributed by atoms with van der Waals surface area (Å²) in [6.45, 7) is 0. The Morgan fingerprint density at radius 3 is 2.27 bits per heavy atom. The quantitative estimate of drug-likeness (QED) is 0.234. The molecule has 6 nitrogen and oxygen atoms in total. The van der Waals surface area contributed by atoms with Gasteiger partial charge in [-0.1, -0.05) is 78.9 Å². The maximum atomic E-state index is 6.45. The summed E-state index contributed by atoms with van der Waals surface area (Å²) in [6, 6.07) is 28.9. The van der Waals surface area contributed by atoms with Crippen molar-refractivity contribution >= 4 is 23.0 Å². The largest absolute Gasteiger partial charge is 0.481 e. The van der Waals surface area contributed by atoms with E-state index in [0.29, 0.717) is 17.6 Å². The van der Waals surface area contributed by atoms with Gasteiger partial charge in [0.05, 0.1) is 5.69 Å². The van der Waals surface area contributed by atoms with E-state index in [9.17, 15) is 0 Å². The Hall–Kier alpha value is -5.88. The first kappa shape index (κ1) is 24.6. The molecule has 0 radical (unpaired) electrons. The van der Waals surface area contributed by atoms with E-state index in [2.05, 4.69) is 82.3 Å². The van der Waals surface area contributed by atoms with Gasteiger partial charge in [-0.15, -0.1) is 0 Å². The summed E-state index contributed by atoms with van der Waals surface area (Å²) in [5.41, 5.74) is 11.6. The van der Waals surface area contributed by atoms with Gasteiger partial charge in [-0.05, 0) is 70.2 Å². The second-order valence-corrected chi connectivity index (χ2v) is 11.8. The fourth-order valence-corrected chi connectivity index (χ4v) is 7.35. The number of para-hydroxylation sites is 2. The third-order valence-electron chi connectivity index (χ3n) is 9.32. The maximum Gasteiger partial charge on any atom is 0.442 e. The van der Waals surface area contributed by atoms with Crippen molar-refractivity contribution in [3.05, 3.63) is 167 Å². The molecule has 0 N–H and O–H groups in total. The molecule has 1 aromatic heterocycles. The van der Waals surface area contributed by atoms with E-state index in [1.54, 1.807) is 0 Å². The van der Waals surface area contributed by atoms with Crippen molar-refractivity contribution in [2.24, 2.45) is 0 Å². The van der Waals surface area contributed by atoms with Gasteiger partial charge in [0.2, 0.25) is 11.6 Å². The van der Waals surface area contributed by atoms with Gasteiger partial charge >= 0.3 is 5.95 Å². The topological polar surface area (TPSA) is 54.2 Å². The molecular formula is C39H26N5O+. The minimum absolute atomic E-state index is 0.0000199. The van der Waals surface area contributed by atoms with E-state index in [1.807, 2.05) is 60.7 Å². The van der Waals surface area contributed by atoms with E-state index in [4.69, 9.17) is 19.7 Å². The second kappa shape index (κ2) is 9.31. The van der Waals surface area contributed by atoms with Crippen LogP contribution in [0.5, 0.6) is 0 Å². The zero-order valence-electron chi connectivity index (χ0n) is 24.2. The van der Waals surface area contributed by atoms with Crippen LogP contribution in [0, 0.1) is 0 Å². The Kier molecular flexibility index (Phi) is 5.08. The van der Waals surface area contributed by atoms with Crippen LogP contribution in [0.25, 0.3) is 22.8 Å². The minimum Gasteiger partial charge on any atom is -0.481 e. The highest BCUT2D eigenvalue weighted by Gasteiger charge is 2.49. The molecule has 4 heterocycles. The van der Waals surface area contributed by atoms with Gasteiger partial charge in [0.25, 0.3) is 0 Å². The van der Waals surface area contributed by atoms with Gasteiger partial charge in [-0.2, -0.15) is 9.56 Å². The summed E-state index contributed by atoms with van der Waals surface area (Å²) >= 11 is 0. The zero-order valence-corrected chi connectivity index (χ0v) is 24.2. The highest BCUT2D eigenvalue weighted by atomic mass is 16.5. The van der Waals surface area contributed by atoms with Crippen molar-refractivity contribution in [2.75, 3.05) is 4.90 Å². The molecule has 3 aromatic carbocycles. The van der Waals surface area contributed by atoms with Crippen LogP contribution in [0.4, 0.5) is 17.3 Å². The Morgan fingerprint density at radius 1 is 0.756 bits per heavy atom. The van der Waals surface area contributed by atoms with E-state index < -0.39 is 0 Å². The molecule has 0 amide bonds. The first-order valence-electron chi connectivity index (χ1n) is 15.3. The molecule has 3 aliphatic carbocycles. The Balaban J connectivity index is 1.19. The molecule has 2 unspecified atom stereocenters. The number of ether oxygens (including phenoxy) is 1. The molecule has 10 rings (SSSR count). The minimum atomic E-state index is -0.00844. The van der Waals surface area contributed by atoms with Gasteiger partial charge in [-0.3, -0.25) is 0 Å². The van der Waals surface area contributed by atoms with Gasteiger partial charge in [-0.25, -0.2) is 0 Å². The van der Waals surface area contributed by atoms with Crippen LogP contribution in [0.2, 0.25) is 0 Å². The molecule has 6 aliphatic rings. The van der Waals surface area contributed by atoms with Gasteiger partial charge in [0, 0.05) is 40.0 Å². The van der Waals surface area contributed by atoms with Crippen molar-refractivity contribution < 1.29 is 4.74 Å². The van der Waals surface area contributed by atoms with Gasteiger partial charge in [0.15, 0.2) is 0 Å². The van der Waals surface area contributed by atoms with Crippen molar-refractivity contribution in [3.63, 3.8) is 0 Å². The number of benzene rings is 3. The zero-order chi connectivity index (χ0) is 29.5. The molecule has 0 saturated heterocycles. The molecule has 4 aromatic rings. The van der Waals surface area contributed by atoms with Crippen LogP contribution in [-0.2, 0) is 4.74 Å². The molecule has 212 valence electrons. The van der Waals surface area contributed by atoms with E-state index in [0.717, 1.165) is 40.4 Å². The number of aromatic nitrogens is 3. The number of anilines is 1. The molecule has 2 atom stereocenters. The lowest BCUT2D eigenvalue weighted by Crippen LogP contribution is -2.46. The Bertz CT molecular complexity index is 2160. The average molecular weight is 581 g/mol. The summed E-state index contributed by atoms with van der Waals surface area (Å²) in [5.74, 6) is 2.88. The van der Waals surface area contributed by atoms with Crippen molar-refractivity contribution in [1.82, 2.24) is 19.5 Å². The molecule has 0 saturated carbocycles. The maximum absolute atomic E-state index is 6.45. The van der Waals surface area contributed by atoms with Crippen LogP contribution in [0.3, 0.4) is 0 Å². The molecule has 3 aliphatic heterocycles.